The summed E-state index contributed by atoms with van der Waals surface area (Å²) in [5, 5.41) is 7.60. The molecule has 0 aliphatic carbocycles. The van der Waals surface area contributed by atoms with E-state index in [-0.39, 0.29) is 30.1 Å². The topological polar surface area (TPSA) is 61.4 Å². The average Bonchev–Trinajstić information content (AvgIpc) is 3.29. The summed E-state index contributed by atoms with van der Waals surface area (Å²) >= 11 is 6.33. The molecule has 1 aromatic rings. The number of anilines is 1. The number of benzene rings is 1. The molecule has 0 aromatic heterocycles. The van der Waals surface area contributed by atoms with Gasteiger partial charge < -0.3 is 25.0 Å². The van der Waals surface area contributed by atoms with E-state index in [0.29, 0.717) is 0 Å². The van der Waals surface area contributed by atoms with Crippen LogP contribution in [-0.4, -0.2) is 89.6 Å². The van der Waals surface area contributed by atoms with E-state index in [2.05, 4.69) is 37.6 Å². The van der Waals surface area contributed by atoms with E-state index in [9.17, 15) is 0 Å². The van der Waals surface area contributed by atoms with Crippen molar-refractivity contribution >= 4 is 47.2 Å². The number of ether oxygens (including phenoxy) is 2. The number of nitrogens with one attached hydrogen (secondary N) is 2. The van der Waals surface area contributed by atoms with Crippen LogP contribution in [0.15, 0.2) is 29.3 Å². The average molecular weight is 566 g/mol. The molecule has 0 amide bonds. The van der Waals surface area contributed by atoms with E-state index in [1.54, 1.807) is 0 Å². The van der Waals surface area contributed by atoms with Crippen molar-refractivity contribution in [2.45, 2.75) is 25.4 Å². The van der Waals surface area contributed by atoms with Crippen molar-refractivity contribution in [3.63, 3.8) is 0 Å². The van der Waals surface area contributed by atoms with Crippen LogP contribution in [0.4, 0.5) is 5.69 Å². The fourth-order valence-electron chi connectivity index (χ4n) is 3.82. The molecule has 2 saturated heterocycles. The molecule has 0 bridgehead atoms. The van der Waals surface area contributed by atoms with Crippen molar-refractivity contribution < 1.29 is 9.47 Å². The first-order valence-corrected chi connectivity index (χ1v) is 11.5. The van der Waals surface area contributed by atoms with Crippen molar-refractivity contribution in [3.8, 4) is 0 Å². The van der Waals surface area contributed by atoms with E-state index in [1.807, 2.05) is 19.2 Å². The highest BCUT2D eigenvalue weighted by Crippen LogP contribution is 2.25. The Morgan fingerprint density at radius 1 is 1.16 bits per heavy atom. The molecule has 0 spiro atoms. The second-order valence-corrected chi connectivity index (χ2v) is 8.18. The lowest BCUT2D eigenvalue weighted by atomic mass is 10.2. The zero-order valence-electron chi connectivity index (χ0n) is 18.5. The highest BCUT2D eigenvalue weighted by atomic mass is 127. The van der Waals surface area contributed by atoms with E-state index in [0.717, 1.165) is 102 Å². The lowest BCUT2D eigenvalue weighted by Crippen LogP contribution is -2.47. The zero-order valence-corrected chi connectivity index (χ0v) is 21.6. The van der Waals surface area contributed by atoms with Gasteiger partial charge in [-0.1, -0.05) is 23.7 Å². The largest absolute Gasteiger partial charge is 0.379 e. The second kappa shape index (κ2) is 15.1. The normalized spacial score (nSPS) is 19.9. The summed E-state index contributed by atoms with van der Waals surface area (Å²) in [4.78, 5) is 9.20. The van der Waals surface area contributed by atoms with Gasteiger partial charge in [-0.2, -0.15) is 0 Å². The Hall–Kier alpha value is -0.810. The Kier molecular flexibility index (Phi) is 12.9. The summed E-state index contributed by atoms with van der Waals surface area (Å²) in [6.07, 6.45) is 3.37. The number of aliphatic imine (C=N–C) groups is 1. The van der Waals surface area contributed by atoms with Crippen LogP contribution in [0.2, 0.25) is 5.02 Å². The first kappa shape index (κ1) is 26.4. The lowest BCUT2D eigenvalue weighted by molar-refractivity contribution is 0.0420. The van der Waals surface area contributed by atoms with E-state index < -0.39 is 0 Å². The van der Waals surface area contributed by atoms with Gasteiger partial charge >= 0.3 is 0 Å². The predicted octanol–water partition coefficient (Wildman–Crippen LogP) is 2.83. The van der Waals surface area contributed by atoms with E-state index in [1.165, 1.54) is 0 Å². The number of piperazine rings is 1. The number of hydrogen-bond donors (Lipinski definition) is 2. The third kappa shape index (κ3) is 9.29. The molecule has 176 valence electrons. The Balaban J connectivity index is 0.00000341. The number of nitrogens with zero attached hydrogens (tertiary/aromatic N) is 3. The maximum atomic E-state index is 6.33. The fourth-order valence-corrected chi connectivity index (χ4v) is 4.08. The number of para-hydroxylation sites is 1. The highest BCUT2D eigenvalue weighted by Gasteiger charge is 2.18. The Labute approximate surface area is 208 Å². The molecule has 31 heavy (non-hydrogen) atoms. The Bertz CT molecular complexity index is 653. The summed E-state index contributed by atoms with van der Waals surface area (Å²) in [7, 11) is 1.82. The van der Waals surface area contributed by atoms with Gasteiger partial charge in [-0.3, -0.25) is 9.89 Å². The minimum Gasteiger partial charge on any atom is -0.379 e. The van der Waals surface area contributed by atoms with E-state index in [4.69, 9.17) is 21.1 Å². The van der Waals surface area contributed by atoms with Crippen molar-refractivity contribution in [2.24, 2.45) is 4.99 Å². The fraction of sp³-hybridized carbons (Fsp3) is 0.682. The molecular formula is C22H37ClIN5O2. The molecule has 9 heteroatoms. The number of guanidine groups is 1. The summed E-state index contributed by atoms with van der Waals surface area (Å²) in [5.41, 5.74) is 1.15. The predicted molar refractivity (Wildman–Crippen MR) is 139 cm³/mol. The van der Waals surface area contributed by atoms with Crippen LogP contribution >= 0.6 is 35.6 Å². The Morgan fingerprint density at radius 3 is 2.58 bits per heavy atom. The van der Waals surface area contributed by atoms with Crippen molar-refractivity contribution in [2.75, 3.05) is 77.6 Å². The van der Waals surface area contributed by atoms with Crippen molar-refractivity contribution in [1.29, 1.82) is 0 Å². The first-order valence-electron chi connectivity index (χ1n) is 11.1. The zero-order chi connectivity index (χ0) is 21.0. The number of halogens is 2. The summed E-state index contributed by atoms with van der Waals surface area (Å²) in [6.45, 7) is 9.40. The molecule has 2 aliphatic heterocycles. The third-order valence-electron chi connectivity index (χ3n) is 5.59. The molecule has 1 aromatic carbocycles. The summed E-state index contributed by atoms with van der Waals surface area (Å²) in [5.74, 6) is 0.864. The van der Waals surface area contributed by atoms with Gasteiger partial charge in [0.2, 0.25) is 0 Å². The van der Waals surface area contributed by atoms with Crippen molar-refractivity contribution in [1.82, 2.24) is 15.5 Å². The Morgan fingerprint density at radius 2 is 1.90 bits per heavy atom. The summed E-state index contributed by atoms with van der Waals surface area (Å²) < 4.78 is 11.1. The highest BCUT2D eigenvalue weighted by molar-refractivity contribution is 14.0. The smallest absolute Gasteiger partial charge is 0.190 e. The molecule has 3 rings (SSSR count). The SMILES string of the molecule is CN=C(NCCCOC1CCOC1)NCCCN1CCN(c2ccccc2Cl)CC1.I. The van der Waals surface area contributed by atoms with Gasteiger partial charge in [0, 0.05) is 59.5 Å². The number of hydrogen-bond acceptors (Lipinski definition) is 5. The van der Waals surface area contributed by atoms with Gasteiger partial charge in [-0.05, 0) is 37.9 Å². The molecule has 0 radical (unpaired) electrons. The van der Waals surface area contributed by atoms with E-state index >= 15 is 0 Å². The molecule has 1 unspecified atom stereocenters. The van der Waals surface area contributed by atoms with Gasteiger partial charge in [0.05, 0.1) is 23.4 Å². The molecule has 2 aliphatic rings. The molecular weight excluding hydrogens is 529 g/mol. The van der Waals surface area contributed by atoms with Crippen LogP contribution in [0.5, 0.6) is 0 Å². The number of rotatable bonds is 10. The van der Waals surface area contributed by atoms with Crippen LogP contribution in [0, 0.1) is 0 Å². The molecule has 1 atom stereocenters. The van der Waals surface area contributed by atoms with Gasteiger partial charge in [0.25, 0.3) is 0 Å². The molecule has 0 saturated carbocycles. The standard InChI is InChI=1S/C22H36ClN5O2.HI/c1-24-22(26-10-5-16-30-19-8-17-29-18-19)25-9-4-11-27-12-14-28(15-13-27)21-7-3-2-6-20(21)23;/h2-3,6-7,19H,4-5,8-18H2,1H3,(H2,24,25,26);1H. The third-order valence-corrected chi connectivity index (χ3v) is 5.91. The van der Waals surface area contributed by atoms with Crippen LogP contribution in [0.25, 0.3) is 0 Å². The monoisotopic (exact) mass is 565 g/mol. The summed E-state index contributed by atoms with van der Waals surface area (Å²) in [6, 6.07) is 8.11. The van der Waals surface area contributed by atoms with Crippen LogP contribution in [0.1, 0.15) is 19.3 Å². The maximum Gasteiger partial charge on any atom is 0.190 e. The molecule has 2 heterocycles. The van der Waals surface area contributed by atoms with Gasteiger partial charge in [0.15, 0.2) is 5.96 Å². The second-order valence-electron chi connectivity index (χ2n) is 7.77. The van der Waals surface area contributed by atoms with Crippen molar-refractivity contribution in [3.05, 3.63) is 29.3 Å². The lowest BCUT2D eigenvalue weighted by Gasteiger charge is -2.36. The molecule has 7 nitrogen and oxygen atoms in total. The molecule has 2 N–H and O–H groups in total. The maximum absolute atomic E-state index is 6.33. The van der Waals surface area contributed by atoms with Crippen LogP contribution in [0.3, 0.4) is 0 Å². The quantitative estimate of drug-likeness (QED) is 0.197. The first-order chi connectivity index (χ1) is 14.8. The molecule has 2 fully saturated rings. The minimum atomic E-state index is 0. The van der Waals surface area contributed by atoms with Gasteiger partial charge in [0.1, 0.15) is 0 Å². The van der Waals surface area contributed by atoms with Gasteiger partial charge in [-0.15, -0.1) is 24.0 Å². The van der Waals surface area contributed by atoms with Crippen LogP contribution in [-0.2, 0) is 9.47 Å². The van der Waals surface area contributed by atoms with Gasteiger partial charge in [-0.25, -0.2) is 0 Å². The minimum absolute atomic E-state index is 0. The van der Waals surface area contributed by atoms with Crippen LogP contribution < -0.4 is 15.5 Å².